The Kier molecular flexibility index (Phi) is 5.50. The minimum Gasteiger partial charge on any atom is -0.617 e. The highest BCUT2D eigenvalue weighted by Crippen LogP contribution is 2.60. The smallest absolute Gasteiger partial charge is 0.317 e. The lowest BCUT2D eigenvalue weighted by Crippen LogP contribution is -2.51. The van der Waals surface area contributed by atoms with Gasteiger partial charge in [0.15, 0.2) is 0 Å². The van der Waals surface area contributed by atoms with Crippen LogP contribution in [0.5, 0.6) is 5.75 Å². The van der Waals surface area contributed by atoms with Gasteiger partial charge in [0.05, 0.1) is 5.41 Å². The molecule has 0 N–H and O–H groups in total. The average Bonchev–Trinajstić information content (AvgIpc) is 2.85. The lowest BCUT2D eigenvalue weighted by atomic mass is 9.49. The molecule has 2 aromatic carbocycles. The molecule has 4 fully saturated rings. The summed E-state index contributed by atoms with van der Waals surface area (Å²) in [6.07, 6.45) is 14.5. The Morgan fingerprint density at radius 3 is 2.09 bits per heavy atom. The maximum atomic E-state index is 14.7. The van der Waals surface area contributed by atoms with Crippen molar-refractivity contribution in [2.24, 2.45) is 23.2 Å². The molecule has 182 valence electrons. The van der Waals surface area contributed by atoms with Crippen molar-refractivity contribution in [2.45, 2.75) is 65.2 Å². The van der Waals surface area contributed by atoms with E-state index in [9.17, 15) is 10.0 Å². The number of para-hydroxylation sites is 1. The van der Waals surface area contributed by atoms with E-state index in [1.54, 1.807) is 0 Å². The van der Waals surface area contributed by atoms with Crippen LogP contribution in [0.2, 0.25) is 0 Å². The first-order chi connectivity index (χ1) is 16.9. The Balaban J connectivity index is 1.34. The average molecular weight is 470 g/mol. The van der Waals surface area contributed by atoms with Gasteiger partial charge in [-0.05, 0) is 93.7 Å². The van der Waals surface area contributed by atoms with Crippen LogP contribution in [0.4, 0.5) is 11.4 Å². The number of esters is 1. The van der Waals surface area contributed by atoms with Gasteiger partial charge in [-0.3, -0.25) is 9.44 Å². The highest BCUT2D eigenvalue weighted by molar-refractivity contribution is 5.81. The molecule has 0 spiro atoms. The summed E-state index contributed by atoms with van der Waals surface area (Å²) in [4.78, 5) is 13.6. The summed E-state index contributed by atoms with van der Waals surface area (Å²) < 4.78 is 5.59. The quantitative estimate of drug-likeness (QED) is 0.194. The summed E-state index contributed by atoms with van der Waals surface area (Å²) in [6, 6.07) is 13.4. The Bertz CT molecular complexity index is 1150. The van der Waals surface area contributed by atoms with E-state index in [0.717, 1.165) is 48.9 Å². The molecule has 4 heteroatoms. The first kappa shape index (κ1) is 22.8. The Labute approximate surface area is 208 Å². The lowest BCUT2D eigenvalue weighted by Gasteiger charge is -2.55. The van der Waals surface area contributed by atoms with Gasteiger partial charge in [0.25, 0.3) is 0 Å². The molecule has 35 heavy (non-hydrogen) atoms. The molecule has 0 radical (unpaired) electrons. The second-order valence-corrected chi connectivity index (χ2v) is 11.6. The number of hydroxylamine groups is 1. The molecule has 4 saturated carbocycles. The van der Waals surface area contributed by atoms with Gasteiger partial charge in [-0.1, -0.05) is 30.4 Å². The van der Waals surface area contributed by atoms with Crippen LogP contribution < -0.4 is 9.38 Å². The van der Waals surface area contributed by atoms with E-state index < -0.39 is 4.65 Å². The Morgan fingerprint density at radius 1 is 0.943 bits per heavy atom. The zero-order valence-corrected chi connectivity index (χ0v) is 20.8. The van der Waals surface area contributed by atoms with E-state index in [4.69, 9.17) is 4.74 Å². The van der Waals surface area contributed by atoms with Crippen LogP contribution in [-0.2, 0) is 4.79 Å². The van der Waals surface area contributed by atoms with Crippen LogP contribution in [0, 0.1) is 42.2 Å². The zero-order valence-electron chi connectivity index (χ0n) is 20.8. The molecule has 1 unspecified atom stereocenters. The van der Waals surface area contributed by atoms with Crippen molar-refractivity contribution < 1.29 is 9.53 Å². The van der Waals surface area contributed by atoms with E-state index in [1.165, 1.54) is 19.3 Å². The lowest BCUT2D eigenvalue weighted by molar-refractivity contribution is -0.161. The molecule has 4 nitrogen and oxygen atoms in total. The number of benzene rings is 2. The van der Waals surface area contributed by atoms with Gasteiger partial charge in [-0.15, -0.1) is 0 Å². The summed E-state index contributed by atoms with van der Waals surface area (Å²) in [5.41, 5.74) is 3.55. The van der Waals surface area contributed by atoms with E-state index in [1.807, 2.05) is 68.5 Å². The van der Waals surface area contributed by atoms with Gasteiger partial charge in [0.2, 0.25) is 0 Å². The molecule has 4 bridgehead atoms. The van der Waals surface area contributed by atoms with Gasteiger partial charge in [0, 0.05) is 30.7 Å². The normalized spacial score (nSPS) is 30.6. The van der Waals surface area contributed by atoms with Crippen molar-refractivity contribution in [3.8, 4) is 5.75 Å². The van der Waals surface area contributed by atoms with Gasteiger partial charge in [-0.2, -0.15) is 0 Å². The summed E-state index contributed by atoms with van der Waals surface area (Å²) in [7, 11) is 0. The molecule has 1 atom stereocenters. The van der Waals surface area contributed by atoms with Crippen LogP contribution in [0.25, 0.3) is 0 Å². The largest absolute Gasteiger partial charge is 0.617 e. The third kappa shape index (κ3) is 3.78. The van der Waals surface area contributed by atoms with Gasteiger partial charge in [0.1, 0.15) is 22.8 Å². The van der Waals surface area contributed by atoms with E-state index >= 15 is 0 Å². The Hall–Kier alpha value is -2.69. The highest BCUT2D eigenvalue weighted by Gasteiger charge is 2.55. The third-order valence-electron chi connectivity index (χ3n) is 8.99. The van der Waals surface area contributed by atoms with Gasteiger partial charge < -0.3 is 9.94 Å². The molecule has 0 heterocycles. The minimum absolute atomic E-state index is 0.0402. The molecule has 7 rings (SSSR count). The fraction of sp³-hybridized carbons (Fsp3) is 0.452. The fourth-order valence-corrected chi connectivity index (χ4v) is 7.80. The second kappa shape index (κ2) is 8.46. The number of carbonyl (C=O) groups is 1. The van der Waals surface area contributed by atoms with Crippen molar-refractivity contribution in [1.82, 2.24) is 4.65 Å². The molecule has 0 aromatic heterocycles. The number of hydrogen-bond acceptors (Lipinski definition) is 3. The topological polar surface area (TPSA) is 49.4 Å². The molecule has 5 aliphatic rings. The maximum absolute atomic E-state index is 14.7. The SMILES string of the molecule is Cc1cc([N+]([O-])(C2=CC=CCC2)c2ccccc2)cc(C)c1OC(=O)C12CC3CC(CC(C3)C1)C2. The molecular weight excluding hydrogens is 434 g/mol. The third-order valence-corrected chi connectivity index (χ3v) is 8.99. The number of allylic oxidation sites excluding steroid dienone is 4. The number of ether oxygens (including phenoxy) is 1. The maximum Gasteiger partial charge on any atom is 0.317 e. The predicted octanol–water partition coefficient (Wildman–Crippen LogP) is 7.80. The van der Waals surface area contributed by atoms with Gasteiger partial charge >= 0.3 is 5.97 Å². The molecule has 5 aliphatic carbocycles. The van der Waals surface area contributed by atoms with Crippen molar-refractivity contribution >= 4 is 17.3 Å². The minimum atomic E-state index is -0.615. The van der Waals surface area contributed by atoms with Gasteiger partial charge in [-0.25, -0.2) is 0 Å². The second-order valence-electron chi connectivity index (χ2n) is 11.6. The van der Waals surface area contributed by atoms with Crippen molar-refractivity contribution in [3.05, 3.63) is 82.7 Å². The van der Waals surface area contributed by atoms with Crippen molar-refractivity contribution in [1.29, 1.82) is 0 Å². The van der Waals surface area contributed by atoms with Crippen LogP contribution in [0.1, 0.15) is 62.5 Å². The first-order valence-corrected chi connectivity index (χ1v) is 13.2. The number of rotatable bonds is 5. The number of carbonyl (C=O) groups excluding carboxylic acids is 1. The highest BCUT2D eigenvalue weighted by atomic mass is 16.5. The molecular formula is C31H35NO3. The summed E-state index contributed by atoms with van der Waals surface area (Å²) >= 11 is 0. The number of hydrogen-bond donors (Lipinski definition) is 0. The van der Waals surface area contributed by atoms with Crippen LogP contribution in [0.3, 0.4) is 0 Å². The van der Waals surface area contributed by atoms with Crippen LogP contribution >= 0.6 is 0 Å². The summed E-state index contributed by atoms with van der Waals surface area (Å²) in [6.45, 7) is 3.92. The summed E-state index contributed by atoms with van der Waals surface area (Å²) in [5.74, 6) is 2.68. The van der Waals surface area contributed by atoms with Crippen LogP contribution in [0.15, 0.2) is 66.4 Å². The standard InChI is InChI=1S/C31H35NO3/c1-21-13-28(32(34,26-9-5-3-6-10-26)27-11-7-4-8-12-27)14-22(2)29(21)35-30(33)31-18-23-15-24(19-31)17-25(16-23)20-31/h3-7,9-11,13-14,23-25H,8,12,15-20H2,1-2H3. The first-order valence-electron chi connectivity index (χ1n) is 13.2. The molecule has 0 aliphatic heterocycles. The fourth-order valence-electron chi connectivity index (χ4n) is 7.80. The molecule has 0 saturated heterocycles. The molecule has 0 amide bonds. The van der Waals surface area contributed by atoms with Crippen LogP contribution in [-0.4, -0.2) is 5.97 Å². The van der Waals surface area contributed by atoms with E-state index in [2.05, 4.69) is 6.08 Å². The number of nitrogens with zero attached hydrogens (tertiary/aromatic N) is 1. The van der Waals surface area contributed by atoms with Crippen molar-refractivity contribution in [3.63, 3.8) is 0 Å². The van der Waals surface area contributed by atoms with E-state index in [0.29, 0.717) is 34.9 Å². The molecule has 2 aromatic rings. The van der Waals surface area contributed by atoms with E-state index in [-0.39, 0.29) is 11.4 Å². The Morgan fingerprint density at radius 2 is 1.54 bits per heavy atom. The predicted molar refractivity (Wildman–Crippen MR) is 140 cm³/mol. The van der Waals surface area contributed by atoms with Crippen molar-refractivity contribution in [2.75, 3.05) is 0 Å². The summed E-state index contributed by atoms with van der Waals surface area (Å²) in [5, 5.41) is 14.7. The monoisotopic (exact) mass is 469 g/mol. The number of quaternary nitrogens is 1. The number of aryl methyl sites for hydroxylation is 2. The zero-order chi connectivity index (χ0) is 24.2.